The summed E-state index contributed by atoms with van der Waals surface area (Å²) in [5, 5.41) is 12.4. The predicted octanol–water partition coefficient (Wildman–Crippen LogP) is -1.13. The zero-order valence-corrected chi connectivity index (χ0v) is 8.45. The van der Waals surface area contributed by atoms with Crippen LogP contribution in [0.2, 0.25) is 0 Å². The molecule has 2 rings (SSSR count). The van der Waals surface area contributed by atoms with Crippen LogP contribution in [0.5, 0.6) is 5.75 Å². The molecule has 1 heterocycles. The van der Waals surface area contributed by atoms with Gasteiger partial charge in [0.1, 0.15) is 0 Å². The number of aromatic nitrogens is 1. The molecule has 0 aliphatic carbocycles. The number of aryl methyl sites for hydroxylation is 1. The molecule has 14 heavy (non-hydrogen) atoms. The first-order chi connectivity index (χ1) is 6.31. The first kappa shape index (κ1) is 11.1. The summed E-state index contributed by atoms with van der Waals surface area (Å²) >= 11 is 0. The Labute approximate surface area is 95.2 Å². The van der Waals surface area contributed by atoms with E-state index in [1.54, 1.807) is 12.3 Å². The quantitative estimate of drug-likeness (QED) is 0.519. The molecule has 1 aromatic carbocycles. The van der Waals surface area contributed by atoms with Gasteiger partial charge in [-0.15, -0.1) is 0 Å². The van der Waals surface area contributed by atoms with Crippen molar-refractivity contribution in [2.24, 2.45) is 0 Å². The maximum absolute atomic E-state index is 11.5. The number of rotatable bonds is 1. The molecule has 66 valence electrons. The Morgan fingerprint density at radius 1 is 1.36 bits per heavy atom. The standard InChI is InChI=1S/C11H11NO.Li/c1-2-8-6-9-4-3-5-12-11(9)10(13)7-8;/h3-7,13H,2H2,1H3;/q;+1/p-1. The molecule has 0 N–H and O–H groups in total. The molecule has 0 aliphatic rings. The average Bonchev–Trinajstić information content (AvgIpc) is 2.18. The normalized spacial score (nSPS) is 9.79. The Hall–Kier alpha value is -0.973. The third kappa shape index (κ3) is 1.92. The van der Waals surface area contributed by atoms with Crippen LogP contribution in [0.15, 0.2) is 30.5 Å². The monoisotopic (exact) mass is 179 g/mol. The zero-order chi connectivity index (χ0) is 9.26. The fourth-order valence-corrected chi connectivity index (χ4v) is 1.42. The summed E-state index contributed by atoms with van der Waals surface area (Å²) < 4.78 is 0. The van der Waals surface area contributed by atoms with Crippen molar-refractivity contribution in [3.8, 4) is 5.75 Å². The van der Waals surface area contributed by atoms with Gasteiger partial charge in [-0.3, -0.25) is 4.98 Å². The Morgan fingerprint density at radius 2 is 2.14 bits per heavy atom. The van der Waals surface area contributed by atoms with Gasteiger partial charge in [-0.25, -0.2) is 0 Å². The molecule has 0 spiro atoms. The molecule has 2 aromatic rings. The molecule has 0 atom stereocenters. The summed E-state index contributed by atoms with van der Waals surface area (Å²) in [5.41, 5.74) is 1.64. The second-order valence-corrected chi connectivity index (χ2v) is 3.02. The van der Waals surface area contributed by atoms with Crippen LogP contribution in [0.25, 0.3) is 10.9 Å². The summed E-state index contributed by atoms with van der Waals surface area (Å²) in [7, 11) is 0. The van der Waals surface area contributed by atoms with Gasteiger partial charge in [-0.1, -0.05) is 24.8 Å². The molecule has 0 fully saturated rings. The molecule has 0 unspecified atom stereocenters. The molecule has 0 saturated carbocycles. The summed E-state index contributed by atoms with van der Waals surface area (Å²) in [6.07, 6.45) is 2.54. The number of fused-ring (bicyclic) bond motifs is 1. The minimum absolute atomic E-state index is 0. The summed E-state index contributed by atoms with van der Waals surface area (Å²) in [6, 6.07) is 7.45. The topological polar surface area (TPSA) is 36.0 Å². The summed E-state index contributed by atoms with van der Waals surface area (Å²) in [6.45, 7) is 2.04. The molecule has 2 nitrogen and oxygen atoms in total. The van der Waals surface area contributed by atoms with Gasteiger partial charge in [-0.2, -0.15) is 0 Å². The van der Waals surface area contributed by atoms with Crippen molar-refractivity contribution in [2.45, 2.75) is 13.3 Å². The average molecular weight is 179 g/mol. The van der Waals surface area contributed by atoms with Gasteiger partial charge < -0.3 is 5.11 Å². The maximum Gasteiger partial charge on any atom is 1.00 e. The Kier molecular flexibility index (Phi) is 3.57. The molecule has 1 aromatic heterocycles. The van der Waals surface area contributed by atoms with E-state index in [1.807, 2.05) is 25.1 Å². The van der Waals surface area contributed by atoms with Gasteiger partial charge in [0.15, 0.2) is 0 Å². The van der Waals surface area contributed by atoms with Gasteiger partial charge in [-0.05, 0) is 29.5 Å². The van der Waals surface area contributed by atoms with Crippen LogP contribution in [0.4, 0.5) is 0 Å². The predicted molar refractivity (Wildman–Crippen MR) is 50.6 cm³/mol. The Morgan fingerprint density at radius 3 is 2.86 bits per heavy atom. The van der Waals surface area contributed by atoms with E-state index in [2.05, 4.69) is 4.98 Å². The Bertz CT molecular complexity index is 442. The van der Waals surface area contributed by atoms with Crippen molar-refractivity contribution in [1.82, 2.24) is 4.98 Å². The van der Waals surface area contributed by atoms with E-state index in [0.29, 0.717) is 5.52 Å². The van der Waals surface area contributed by atoms with E-state index >= 15 is 0 Å². The summed E-state index contributed by atoms with van der Waals surface area (Å²) in [5.74, 6) is 0.0231. The number of nitrogens with zero attached hydrogens (tertiary/aromatic N) is 1. The first-order valence-electron chi connectivity index (χ1n) is 4.36. The second kappa shape index (κ2) is 4.50. The van der Waals surface area contributed by atoms with E-state index in [-0.39, 0.29) is 24.6 Å². The molecular weight excluding hydrogens is 169 g/mol. The van der Waals surface area contributed by atoms with Crippen molar-refractivity contribution >= 4 is 10.9 Å². The molecule has 3 heteroatoms. The molecule has 0 amide bonds. The molecule has 0 radical (unpaired) electrons. The number of hydrogen-bond donors (Lipinski definition) is 0. The van der Waals surface area contributed by atoms with Gasteiger partial charge >= 0.3 is 18.9 Å². The van der Waals surface area contributed by atoms with Crippen molar-refractivity contribution in [1.29, 1.82) is 0 Å². The number of hydrogen-bond acceptors (Lipinski definition) is 2. The van der Waals surface area contributed by atoms with Crippen molar-refractivity contribution < 1.29 is 24.0 Å². The van der Waals surface area contributed by atoms with Gasteiger partial charge in [0.25, 0.3) is 0 Å². The SMILES string of the molecule is CCc1cc([O-])c2ncccc2c1.[Li+]. The van der Waals surface area contributed by atoms with Crippen LogP contribution >= 0.6 is 0 Å². The van der Waals surface area contributed by atoms with Crippen LogP contribution < -0.4 is 24.0 Å². The van der Waals surface area contributed by atoms with Crippen molar-refractivity contribution in [3.05, 3.63) is 36.0 Å². The zero-order valence-electron chi connectivity index (χ0n) is 8.45. The number of benzene rings is 1. The van der Waals surface area contributed by atoms with Crippen molar-refractivity contribution in [2.75, 3.05) is 0 Å². The smallest absolute Gasteiger partial charge is 0.871 e. The van der Waals surface area contributed by atoms with Crippen molar-refractivity contribution in [3.63, 3.8) is 0 Å². The summed E-state index contributed by atoms with van der Waals surface area (Å²) in [4.78, 5) is 4.04. The first-order valence-corrected chi connectivity index (χ1v) is 4.36. The van der Waals surface area contributed by atoms with Crippen LogP contribution in [-0.4, -0.2) is 4.98 Å². The molecule has 0 bridgehead atoms. The maximum atomic E-state index is 11.5. The second-order valence-electron chi connectivity index (χ2n) is 3.02. The van der Waals surface area contributed by atoms with Gasteiger partial charge in [0.2, 0.25) is 0 Å². The molecule has 0 aliphatic heterocycles. The molecular formula is C11H10LiNO. The van der Waals surface area contributed by atoms with E-state index in [4.69, 9.17) is 0 Å². The Balaban J connectivity index is 0.000000980. The van der Waals surface area contributed by atoms with E-state index in [9.17, 15) is 5.11 Å². The van der Waals surface area contributed by atoms with Crippen LogP contribution in [0, 0.1) is 0 Å². The van der Waals surface area contributed by atoms with E-state index < -0.39 is 0 Å². The largest absolute Gasteiger partial charge is 1.00 e. The van der Waals surface area contributed by atoms with Gasteiger partial charge in [0.05, 0.1) is 5.52 Å². The van der Waals surface area contributed by atoms with E-state index in [1.165, 1.54) is 0 Å². The van der Waals surface area contributed by atoms with Gasteiger partial charge in [0, 0.05) is 6.20 Å². The van der Waals surface area contributed by atoms with Crippen LogP contribution in [-0.2, 0) is 6.42 Å². The molecule has 0 saturated heterocycles. The minimum atomic E-state index is 0. The third-order valence-electron chi connectivity index (χ3n) is 2.14. The fraction of sp³-hybridized carbons (Fsp3) is 0.182. The van der Waals surface area contributed by atoms with Crippen LogP contribution in [0.1, 0.15) is 12.5 Å². The third-order valence-corrected chi connectivity index (χ3v) is 2.14. The van der Waals surface area contributed by atoms with Crippen LogP contribution in [0.3, 0.4) is 0 Å². The minimum Gasteiger partial charge on any atom is -0.871 e. The number of pyridine rings is 1. The van der Waals surface area contributed by atoms with E-state index in [0.717, 1.165) is 17.4 Å². The fourth-order valence-electron chi connectivity index (χ4n) is 1.42.